The largest absolute Gasteiger partial charge is 0.494 e. The molecule has 1 unspecified atom stereocenters. The second-order valence-electron chi connectivity index (χ2n) is 4.08. The number of nitrogens with zero attached hydrogens (tertiary/aromatic N) is 1. The molecule has 0 aliphatic carbocycles. The van der Waals surface area contributed by atoms with Crippen molar-refractivity contribution in [3.63, 3.8) is 0 Å². The zero-order valence-electron chi connectivity index (χ0n) is 11.1. The fraction of sp³-hybridized carbons (Fsp3) is 0.385. The number of rotatable bonds is 4. The average molecular weight is 280 g/mol. The van der Waals surface area contributed by atoms with E-state index in [9.17, 15) is 4.79 Å². The number of para-hydroxylation sites is 1. The molecule has 6 heteroatoms. The molecule has 5 nitrogen and oxygen atoms in total. The van der Waals surface area contributed by atoms with Gasteiger partial charge in [-0.25, -0.2) is 4.79 Å². The standard InChI is InChI=1S/C13H16N2O3S/c1-4-18-12(16)8(2)15-9-6-5-7-10(17-3)11(9)14-13(15)19/h5-8H,4H2,1-3H3,(H,14,19). The van der Waals surface area contributed by atoms with Gasteiger partial charge in [-0.15, -0.1) is 0 Å². The molecule has 1 N–H and O–H groups in total. The number of H-pyrrole nitrogens is 1. The van der Waals surface area contributed by atoms with Crippen molar-refractivity contribution in [3.05, 3.63) is 23.0 Å². The van der Waals surface area contributed by atoms with Crippen LogP contribution >= 0.6 is 12.2 Å². The molecule has 1 heterocycles. The number of imidazole rings is 1. The lowest BCUT2D eigenvalue weighted by molar-refractivity contribution is -0.146. The number of methoxy groups -OCH3 is 1. The summed E-state index contributed by atoms with van der Waals surface area (Å²) >= 11 is 5.28. The molecule has 0 saturated heterocycles. The zero-order valence-corrected chi connectivity index (χ0v) is 11.9. The van der Waals surface area contributed by atoms with E-state index in [1.165, 1.54) is 0 Å². The summed E-state index contributed by atoms with van der Waals surface area (Å²) < 4.78 is 12.5. The highest BCUT2D eigenvalue weighted by molar-refractivity contribution is 7.71. The highest BCUT2D eigenvalue weighted by Gasteiger charge is 2.20. The lowest BCUT2D eigenvalue weighted by Gasteiger charge is -2.13. The lowest BCUT2D eigenvalue weighted by Crippen LogP contribution is -2.19. The van der Waals surface area contributed by atoms with E-state index in [4.69, 9.17) is 21.7 Å². The number of fused-ring (bicyclic) bond motifs is 1. The van der Waals surface area contributed by atoms with E-state index in [0.29, 0.717) is 17.1 Å². The number of carbonyl (C=O) groups is 1. The summed E-state index contributed by atoms with van der Waals surface area (Å²) in [5.41, 5.74) is 1.61. The Morgan fingerprint density at radius 3 is 2.89 bits per heavy atom. The first-order chi connectivity index (χ1) is 9.10. The third kappa shape index (κ3) is 2.35. The minimum atomic E-state index is -0.478. The van der Waals surface area contributed by atoms with Gasteiger partial charge in [-0.3, -0.25) is 0 Å². The molecule has 0 bridgehead atoms. The number of aromatic amines is 1. The van der Waals surface area contributed by atoms with Gasteiger partial charge in [0.1, 0.15) is 17.3 Å². The molecule has 1 aromatic heterocycles. The summed E-state index contributed by atoms with van der Waals surface area (Å²) in [4.78, 5) is 14.9. The summed E-state index contributed by atoms with van der Waals surface area (Å²) in [6.07, 6.45) is 0. The van der Waals surface area contributed by atoms with Crippen LogP contribution in [0.2, 0.25) is 0 Å². The van der Waals surface area contributed by atoms with E-state index in [1.807, 2.05) is 18.2 Å². The average Bonchev–Trinajstić information content (AvgIpc) is 2.73. The summed E-state index contributed by atoms with van der Waals surface area (Å²) in [5.74, 6) is 0.390. The number of benzene rings is 1. The molecule has 2 rings (SSSR count). The number of hydrogen-bond acceptors (Lipinski definition) is 4. The lowest BCUT2D eigenvalue weighted by atomic mass is 10.2. The van der Waals surface area contributed by atoms with E-state index in [0.717, 1.165) is 11.0 Å². The molecule has 1 atom stereocenters. The Kier molecular flexibility index (Phi) is 3.90. The molecule has 0 aliphatic rings. The van der Waals surface area contributed by atoms with E-state index in [1.54, 1.807) is 25.5 Å². The normalized spacial score (nSPS) is 12.4. The Morgan fingerprint density at radius 1 is 1.53 bits per heavy atom. The Morgan fingerprint density at radius 2 is 2.26 bits per heavy atom. The first-order valence-corrected chi connectivity index (χ1v) is 6.44. The highest BCUT2D eigenvalue weighted by Crippen LogP contribution is 2.27. The van der Waals surface area contributed by atoms with E-state index in [2.05, 4.69) is 4.98 Å². The summed E-state index contributed by atoms with van der Waals surface area (Å²) in [7, 11) is 1.60. The second kappa shape index (κ2) is 5.44. The van der Waals surface area contributed by atoms with Crippen molar-refractivity contribution in [1.82, 2.24) is 9.55 Å². The van der Waals surface area contributed by atoms with Crippen molar-refractivity contribution in [3.8, 4) is 5.75 Å². The second-order valence-corrected chi connectivity index (χ2v) is 4.47. The fourth-order valence-electron chi connectivity index (χ4n) is 2.05. The van der Waals surface area contributed by atoms with Gasteiger partial charge in [-0.05, 0) is 38.2 Å². The van der Waals surface area contributed by atoms with Crippen LogP contribution in [0.5, 0.6) is 5.75 Å². The molecule has 0 fully saturated rings. The van der Waals surface area contributed by atoms with Crippen LogP contribution in [-0.2, 0) is 9.53 Å². The number of hydrogen-bond donors (Lipinski definition) is 1. The topological polar surface area (TPSA) is 56.2 Å². The molecule has 102 valence electrons. The molecule has 19 heavy (non-hydrogen) atoms. The summed E-state index contributed by atoms with van der Waals surface area (Å²) in [5, 5.41) is 0. The predicted molar refractivity (Wildman–Crippen MR) is 75.0 cm³/mol. The van der Waals surface area contributed by atoms with Gasteiger partial charge >= 0.3 is 5.97 Å². The molecule has 0 aliphatic heterocycles. The Balaban J connectivity index is 2.58. The number of aromatic nitrogens is 2. The minimum Gasteiger partial charge on any atom is -0.494 e. The van der Waals surface area contributed by atoms with Crippen LogP contribution in [0.25, 0.3) is 11.0 Å². The molecule has 2 aromatic rings. The molecule has 0 saturated carbocycles. The van der Waals surface area contributed by atoms with Gasteiger partial charge in [0.2, 0.25) is 0 Å². The van der Waals surface area contributed by atoms with Crippen LogP contribution < -0.4 is 4.74 Å². The number of carbonyl (C=O) groups excluding carboxylic acids is 1. The van der Waals surface area contributed by atoms with Gasteiger partial charge < -0.3 is 19.0 Å². The van der Waals surface area contributed by atoms with Crippen molar-refractivity contribution < 1.29 is 14.3 Å². The predicted octanol–water partition coefficient (Wildman–Crippen LogP) is 2.83. The molecule has 0 amide bonds. The monoisotopic (exact) mass is 280 g/mol. The first kappa shape index (κ1) is 13.6. The number of nitrogens with one attached hydrogen (secondary N) is 1. The van der Waals surface area contributed by atoms with Crippen molar-refractivity contribution >= 4 is 29.2 Å². The van der Waals surface area contributed by atoms with Gasteiger partial charge in [-0.1, -0.05) is 6.07 Å². The van der Waals surface area contributed by atoms with Crippen LogP contribution in [0, 0.1) is 4.77 Å². The van der Waals surface area contributed by atoms with Crippen molar-refractivity contribution in [2.24, 2.45) is 0 Å². The van der Waals surface area contributed by atoms with E-state index >= 15 is 0 Å². The molecular weight excluding hydrogens is 264 g/mol. The van der Waals surface area contributed by atoms with Gasteiger partial charge in [0.25, 0.3) is 0 Å². The summed E-state index contributed by atoms with van der Waals surface area (Å²) in [6.45, 7) is 3.89. The maximum atomic E-state index is 11.9. The van der Waals surface area contributed by atoms with Crippen LogP contribution in [0.15, 0.2) is 18.2 Å². The molecular formula is C13H16N2O3S. The zero-order chi connectivity index (χ0) is 14.0. The van der Waals surface area contributed by atoms with Crippen LogP contribution in [0.3, 0.4) is 0 Å². The highest BCUT2D eigenvalue weighted by atomic mass is 32.1. The van der Waals surface area contributed by atoms with E-state index in [-0.39, 0.29) is 5.97 Å². The van der Waals surface area contributed by atoms with Crippen molar-refractivity contribution in [2.75, 3.05) is 13.7 Å². The Bertz CT molecular complexity index is 659. The minimum absolute atomic E-state index is 0.303. The molecule has 0 radical (unpaired) electrons. The maximum absolute atomic E-state index is 11.9. The van der Waals surface area contributed by atoms with Gasteiger partial charge in [0.15, 0.2) is 4.77 Å². The number of esters is 1. The first-order valence-electron chi connectivity index (χ1n) is 6.04. The smallest absolute Gasteiger partial charge is 0.328 e. The van der Waals surface area contributed by atoms with Gasteiger partial charge in [0, 0.05) is 0 Å². The molecule has 1 aromatic carbocycles. The SMILES string of the molecule is CCOC(=O)C(C)n1c(=S)[nH]c2c(OC)cccc21. The van der Waals surface area contributed by atoms with Gasteiger partial charge in [0.05, 0.1) is 19.2 Å². The van der Waals surface area contributed by atoms with Gasteiger partial charge in [-0.2, -0.15) is 0 Å². The Labute approximate surface area is 116 Å². The third-order valence-electron chi connectivity index (χ3n) is 2.95. The Hall–Kier alpha value is -1.82. The van der Waals surface area contributed by atoms with Crippen LogP contribution in [0.4, 0.5) is 0 Å². The van der Waals surface area contributed by atoms with Crippen LogP contribution in [-0.4, -0.2) is 29.2 Å². The quantitative estimate of drug-likeness (QED) is 0.691. The third-order valence-corrected chi connectivity index (χ3v) is 3.25. The molecule has 0 spiro atoms. The fourth-order valence-corrected chi connectivity index (χ4v) is 2.40. The maximum Gasteiger partial charge on any atom is 0.328 e. The summed E-state index contributed by atoms with van der Waals surface area (Å²) in [6, 6.07) is 5.11. The number of ether oxygens (including phenoxy) is 2. The van der Waals surface area contributed by atoms with Crippen molar-refractivity contribution in [2.45, 2.75) is 19.9 Å². The van der Waals surface area contributed by atoms with Crippen molar-refractivity contribution in [1.29, 1.82) is 0 Å². The van der Waals surface area contributed by atoms with Crippen LogP contribution in [0.1, 0.15) is 19.9 Å². The van der Waals surface area contributed by atoms with E-state index < -0.39 is 6.04 Å².